The van der Waals surface area contributed by atoms with Crippen molar-refractivity contribution < 1.29 is 9.84 Å². The molecule has 0 bridgehead atoms. The van der Waals surface area contributed by atoms with Gasteiger partial charge in [0.05, 0.1) is 12.6 Å². The maximum atomic E-state index is 12.6. The number of methoxy groups -OCH3 is 1. The van der Waals surface area contributed by atoms with Gasteiger partial charge in [0, 0.05) is 23.1 Å². The van der Waals surface area contributed by atoms with E-state index in [0.717, 1.165) is 36.8 Å². The second-order valence-electron chi connectivity index (χ2n) is 6.25. The molecule has 2 N–H and O–H groups in total. The van der Waals surface area contributed by atoms with Crippen LogP contribution >= 0.6 is 0 Å². The van der Waals surface area contributed by atoms with E-state index in [-0.39, 0.29) is 11.3 Å². The summed E-state index contributed by atoms with van der Waals surface area (Å²) in [6.07, 6.45) is 11.4. The fourth-order valence-electron chi connectivity index (χ4n) is 3.32. The van der Waals surface area contributed by atoms with Crippen LogP contribution < -0.4 is 10.3 Å². The molecule has 1 aliphatic carbocycles. The Morgan fingerprint density at radius 3 is 2.79 bits per heavy atom. The maximum Gasteiger partial charge on any atom is 0.252 e. The summed E-state index contributed by atoms with van der Waals surface area (Å²) in [6, 6.07) is 3.32. The van der Waals surface area contributed by atoms with E-state index in [1.54, 1.807) is 12.1 Å². The molecule has 1 aliphatic rings. The molecule has 0 unspecified atom stereocenters. The smallest absolute Gasteiger partial charge is 0.252 e. The number of rotatable bonds is 3. The van der Waals surface area contributed by atoms with Crippen LogP contribution in [0.5, 0.6) is 11.5 Å². The summed E-state index contributed by atoms with van der Waals surface area (Å²) in [5, 5.41) is 11.0. The van der Waals surface area contributed by atoms with E-state index in [0.29, 0.717) is 23.1 Å². The van der Waals surface area contributed by atoms with Gasteiger partial charge in [-0.25, -0.2) is 0 Å². The Bertz CT molecular complexity index is 875. The van der Waals surface area contributed by atoms with Crippen molar-refractivity contribution in [2.75, 3.05) is 7.11 Å². The summed E-state index contributed by atoms with van der Waals surface area (Å²) in [6.45, 7) is 1.91. The van der Waals surface area contributed by atoms with Gasteiger partial charge in [-0.15, -0.1) is 0 Å². The van der Waals surface area contributed by atoms with Crippen LogP contribution in [0.2, 0.25) is 0 Å². The molecule has 1 aromatic carbocycles. The first-order valence-electron chi connectivity index (χ1n) is 8.35. The second-order valence-corrected chi connectivity index (χ2v) is 6.25. The van der Waals surface area contributed by atoms with Gasteiger partial charge >= 0.3 is 0 Å². The van der Waals surface area contributed by atoms with Gasteiger partial charge in [0.2, 0.25) is 0 Å². The number of benzene rings is 1. The topological polar surface area (TPSA) is 62.3 Å². The van der Waals surface area contributed by atoms with Gasteiger partial charge in [-0.3, -0.25) is 4.79 Å². The number of H-pyrrole nitrogens is 1. The normalized spacial score (nSPS) is 18.5. The molecular weight excluding hydrogens is 302 g/mol. The highest BCUT2D eigenvalue weighted by Crippen LogP contribution is 2.32. The van der Waals surface area contributed by atoms with Crippen molar-refractivity contribution in [1.82, 2.24) is 4.98 Å². The van der Waals surface area contributed by atoms with E-state index in [4.69, 9.17) is 4.74 Å². The summed E-state index contributed by atoms with van der Waals surface area (Å²) < 4.78 is 5.16. The highest BCUT2D eigenvalue weighted by Gasteiger charge is 2.15. The van der Waals surface area contributed by atoms with E-state index in [1.807, 2.05) is 6.92 Å². The Balaban J connectivity index is 2.05. The molecule has 1 aromatic heterocycles. The third-order valence-corrected chi connectivity index (χ3v) is 4.65. The lowest BCUT2D eigenvalue weighted by Crippen LogP contribution is -2.16. The average Bonchev–Trinajstić information content (AvgIpc) is 2.52. The zero-order valence-corrected chi connectivity index (χ0v) is 14.2. The van der Waals surface area contributed by atoms with E-state index >= 15 is 0 Å². The lowest BCUT2D eigenvalue weighted by molar-refractivity contribution is 0.409. The van der Waals surface area contributed by atoms with E-state index < -0.39 is 0 Å². The van der Waals surface area contributed by atoms with Crippen molar-refractivity contribution in [3.8, 4) is 11.5 Å². The molecule has 4 nitrogen and oxygen atoms in total. The number of allylic oxidation sites excluding steroid dienone is 4. The molecule has 4 heteroatoms. The summed E-state index contributed by atoms with van der Waals surface area (Å²) in [7, 11) is 1.54. The number of hydrogen-bond donors (Lipinski definition) is 2. The molecule has 3 rings (SSSR count). The molecule has 0 spiro atoms. The zero-order valence-electron chi connectivity index (χ0n) is 14.2. The quantitative estimate of drug-likeness (QED) is 0.833. The highest BCUT2D eigenvalue weighted by molar-refractivity contribution is 5.90. The molecule has 0 radical (unpaired) electrons. The Labute approximate surface area is 141 Å². The van der Waals surface area contributed by atoms with Crippen LogP contribution in [-0.4, -0.2) is 17.2 Å². The number of pyridine rings is 1. The molecule has 2 aromatic rings. The Morgan fingerprint density at radius 2 is 2.00 bits per heavy atom. The summed E-state index contributed by atoms with van der Waals surface area (Å²) >= 11 is 0. The SMILES string of the molecule is COc1cc(O)c2c(C)c(C/C3=C/CC/C=C\CC3)c(=O)[nH]c2c1. The molecule has 0 fully saturated rings. The monoisotopic (exact) mass is 325 g/mol. The molecule has 0 amide bonds. The van der Waals surface area contributed by atoms with Crippen LogP contribution in [0.1, 0.15) is 36.8 Å². The molecule has 0 saturated carbocycles. The third kappa shape index (κ3) is 3.23. The van der Waals surface area contributed by atoms with Gasteiger partial charge in [0.1, 0.15) is 11.5 Å². The number of aromatic nitrogens is 1. The van der Waals surface area contributed by atoms with Gasteiger partial charge in [0.25, 0.3) is 5.56 Å². The predicted molar refractivity (Wildman–Crippen MR) is 96.9 cm³/mol. The number of aryl methyl sites for hydroxylation is 1. The van der Waals surface area contributed by atoms with Crippen molar-refractivity contribution in [2.24, 2.45) is 0 Å². The number of aromatic amines is 1. The number of fused-ring (bicyclic) bond motifs is 1. The number of hydrogen-bond acceptors (Lipinski definition) is 3. The second kappa shape index (κ2) is 6.95. The van der Waals surface area contributed by atoms with Crippen LogP contribution in [0.4, 0.5) is 0 Å². The number of nitrogens with one attached hydrogen (secondary N) is 1. The van der Waals surface area contributed by atoms with Crippen molar-refractivity contribution >= 4 is 10.9 Å². The fourth-order valence-corrected chi connectivity index (χ4v) is 3.32. The maximum absolute atomic E-state index is 12.6. The van der Waals surface area contributed by atoms with Crippen molar-refractivity contribution in [2.45, 2.75) is 39.0 Å². The number of phenolic OH excluding ortho intramolecular Hbond substituents is 1. The number of phenols is 1. The Hall–Kier alpha value is -2.49. The van der Waals surface area contributed by atoms with E-state index in [2.05, 4.69) is 23.2 Å². The molecule has 24 heavy (non-hydrogen) atoms. The summed E-state index contributed by atoms with van der Waals surface area (Å²) in [5.74, 6) is 0.659. The molecule has 0 saturated heterocycles. The van der Waals surface area contributed by atoms with Crippen molar-refractivity contribution in [1.29, 1.82) is 0 Å². The fraction of sp³-hybridized carbons (Fsp3) is 0.350. The van der Waals surface area contributed by atoms with Crippen LogP contribution in [0, 0.1) is 6.92 Å². The van der Waals surface area contributed by atoms with E-state index in [9.17, 15) is 9.90 Å². The van der Waals surface area contributed by atoms with Crippen LogP contribution in [0.15, 0.2) is 40.7 Å². The Morgan fingerprint density at radius 1 is 1.21 bits per heavy atom. The van der Waals surface area contributed by atoms with Gasteiger partial charge in [-0.2, -0.15) is 0 Å². The predicted octanol–water partition coefficient (Wildman–Crippen LogP) is 4.15. The van der Waals surface area contributed by atoms with Crippen molar-refractivity contribution in [3.05, 3.63) is 57.4 Å². The van der Waals surface area contributed by atoms with Gasteiger partial charge in [0.15, 0.2) is 0 Å². The lowest BCUT2D eigenvalue weighted by Gasteiger charge is -2.14. The number of ether oxygens (including phenoxy) is 1. The largest absolute Gasteiger partial charge is 0.507 e. The Kier molecular flexibility index (Phi) is 4.74. The van der Waals surface area contributed by atoms with Gasteiger partial charge in [-0.1, -0.05) is 23.8 Å². The van der Waals surface area contributed by atoms with Crippen LogP contribution in [0.25, 0.3) is 10.9 Å². The molecule has 126 valence electrons. The summed E-state index contributed by atoms with van der Waals surface area (Å²) in [5.41, 5.74) is 3.38. The minimum absolute atomic E-state index is 0.0915. The highest BCUT2D eigenvalue weighted by atomic mass is 16.5. The van der Waals surface area contributed by atoms with Crippen LogP contribution in [-0.2, 0) is 6.42 Å². The average molecular weight is 325 g/mol. The molecule has 0 atom stereocenters. The molecular formula is C20H23NO3. The van der Waals surface area contributed by atoms with Crippen molar-refractivity contribution in [3.63, 3.8) is 0 Å². The minimum atomic E-state index is -0.0915. The van der Waals surface area contributed by atoms with Gasteiger partial charge < -0.3 is 14.8 Å². The number of aromatic hydroxyl groups is 1. The van der Waals surface area contributed by atoms with E-state index in [1.165, 1.54) is 12.7 Å². The lowest BCUT2D eigenvalue weighted by atomic mass is 9.94. The summed E-state index contributed by atoms with van der Waals surface area (Å²) in [4.78, 5) is 15.5. The standard InChI is InChI=1S/C20H23NO3/c1-13-16(10-14-8-6-4-3-5-7-9-14)20(23)21-17-11-15(24-2)12-18(22)19(13)17/h3-4,9,11-12,22H,5-8,10H2,1-2H3,(H,21,23)/b4-3-,14-9+. The first-order valence-corrected chi connectivity index (χ1v) is 8.35. The first-order chi connectivity index (χ1) is 11.6. The molecule has 0 aliphatic heterocycles. The minimum Gasteiger partial charge on any atom is -0.507 e. The van der Waals surface area contributed by atoms with Crippen LogP contribution in [0.3, 0.4) is 0 Å². The van der Waals surface area contributed by atoms with Gasteiger partial charge in [-0.05, 0) is 44.6 Å². The zero-order chi connectivity index (χ0) is 17.1. The molecule has 1 heterocycles. The first kappa shape index (κ1) is 16.4. The third-order valence-electron chi connectivity index (χ3n) is 4.65.